The Balaban J connectivity index is 2.66. The number of hydrazine groups is 1. The molecule has 1 rings (SSSR count). The molecule has 0 aromatic heterocycles. The zero-order valence-corrected chi connectivity index (χ0v) is 9.78. The lowest BCUT2D eigenvalue weighted by Crippen LogP contribution is -2.43. The molecule has 0 bridgehead atoms. The van der Waals surface area contributed by atoms with Crippen LogP contribution in [-0.4, -0.2) is 24.9 Å². The Morgan fingerprint density at radius 2 is 1.82 bits per heavy atom. The van der Waals surface area contributed by atoms with Gasteiger partial charge in [-0.1, -0.05) is 0 Å². The SMILES string of the molecule is CNC(=O)[C@H](C)NC(=O)c1ccc(NN)cc1. The van der Waals surface area contributed by atoms with E-state index in [2.05, 4.69) is 16.1 Å². The molecule has 5 N–H and O–H groups in total. The lowest BCUT2D eigenvalue weighted by atomic mass is 10.2. The molecule has 0 spiro atoms. The molecule has 0 fully saturated rings. The van der Waals surface area contributed by atoms with Crippen LogP contribution in [0.3, 0.4) is 0 Å². The molecule has 2 amide bonds. The molecule has 1 atom stereocenters. The first-order valence-electron chi connectivity index (χ1n) is 5.17. The van der Waals surface area contributed by atoms with Crippen molar-refractivity contribution in [2.24, 2.45) is 5.84 Å². The van der Waals surface area contributed by atoms with E-state index in [4.69, 9.17) is 5.84 Å². The monoisotopic (exact) mass is 236 g/mol. The molecule has 92 valence electrons. The summed E-state index contributed by atoms with van der Waals surface area (Å²) in [5, 5.41) is 5.04. The molecule has 0 aliphatic carbocycles. The molecule has 0 aliphatic rings. The van der Waals surface area contributed by atoms with E-state index in [9.17, 15) is 9.59 Å². The summed E-state index contributed by atoms with van der Waals surface area (Å²) in [6.07, 6.45) is 0. The number of hydrogen-bond donors (Lipinski definition) is 4. The van der Waals surface area contributed by atoms with Crippen LogP contribution < -0.4 is 21.9 Å². The van der Waals surface area contributed by atoms with Crippen molar-refractivity contribution >= 4 is 17.5 Å². The smallest absolute Gasteiger partial charge is 0.251 e. The number of carbonyl (C=O) groups is 2. The van der Waals surface area contributed by atoms with Crippen LogP contribution in [0.5, 0.6) is 0 Å². The van der Waals surface area contributed by atoms with Gasteiger partial charge in [0.05, 0.1) is 0 Å². The van der Waals surface area contributed by atoms with Crippen molar-refractivity contribution in [3.05, 3.63) is 29.8 Å². The van der Waals surface area contributed by atoms with E-state index in [0.717, 1.165) is 0 Å². The fourth-order valence-electron chi connectivity index (χ4n) is 1.28. The van der Waals surface area contributed by atoms with Gasteiger partial charge in [-0.25, -0.2) is 0 Å². The van der Waals surface area contributed by atoms with Crippen molar-refractivity contribution in [2.75, 3.05) is 12.5 Å². The van der Waals surface area contributed by atoms with E-state index in [0.29, 0.717) is 11.3 Å². The minimum absolute atomic E-state index is 0.237. The molecule has 6 nitrogen and oxygen atoms in total. The van der Waals surface area contributed by atoms with Gasteiger partial charge in [0, 0.05) is 18.3 Å². The second-order valence-electron chi connectivity index (χ2n) is 3.53. The van der Waals surface area contributed by atoms with Gasteiger partial charge in [-0.2, -0.15) is 0 Å². The Hall–Kier alpha value is -2.08. The summed E-state index contributed by atoms with van der Waals surface area (Å²) in [5.74, 6) is 4.67. The van der Waals surface area contributed by atoms with E-state index in [1.807, 2.05) is 0 Å². The van der Waals surface area contributed by atoms with E-state index in [1.54, 1.807) is 31.2 Å². The Labute approximate surface area is 99.5 Å². The highest BCUT2D eigenvalue weighted by Crippen LogP contribution is 2.07. The van der Waals surface area contributed by atoms with Crippen LogP contribution in [0.4, 0.5) is 5.69 Å². The first-order valence-corrected chi connectivity index (χ1v) is 5.17. The third kappa shape index (κ3) is 3.46. The molecule has 0 radical (unpaired) electrons. The summed E-state index contributed by atoms with van der Waals surface area (Å²) in [6, 6.07) is 6.04. The highest BCUT2D eigenvalue weighted by molar-refractivity contribution is 5.97. The van der Waals surface area contributed by atoms with E-state index in [-0.39, 0.29) is 11.8 Å². The molecule has 0 unspecified atom stereocenters. The second kappa shape index (κ2) is 5.86. The predicted octanol–water partition coefficient (Wildman–Crippen LogP) is -0.163. The van der Waals surface area contributed by atoms with Gasteiger partial charge >= 0.3 is 0 Å². The minimum Gasteiger partial charge on any atom is -0.357 e. The molecular formula is C11H16N4O2. The van der Waals surface area contributed by atoms with Crippen LogP contribution in [-0.2, 0) is 4.79 Å². The average Bonchev–Trinajstić information content (AvgIpc) is 2.37. The fourth-order valence-corrected chi connectivity index (χ4v) is 1.28. The number of amides is 2. The highest BCUT2D eigenvalue weighted by Gasteiger charge is 2.14. The molecule has 0 aliphatic heterocycles. The average molecular weight is 236 g/mol. The topological polar surface area (TPSA) is 96.2 Å². The lowest BCUT2D eigenvalue weighted by Gasteiger charge is -2.12. The summed E-state index contributed by atoms with van der Waals surface area (Å²) in [4.78, 5) is 23.0. The van der Waals surface area contributed by atoms with Crippen molar-refractivity contribution in [3.8, 4) is 0 Å². The maximum absolute atomic E-state index is 11.7. The first-order chi connectivity index (χ1) is 8.08. The van der Waals surface area contributed by atoms with E-state index >= 15 is 0 Å². The van der Waals surface area contributed by atoms with Gasteiger partial charge in [-0.05, 0) is 31.2 Å². The maximum atomic E-state index is 11.7. The van der Waals surface area contributed by atoms with Crippen molar-refractivity contribution in [1.29, 1.82) is 0 Å². The quantitative estimate of drug-likeness (QED) is 0.431. The minimum atomic E-state index is -0.570. The lowest BCUT2D eigenvalue weighted by molar-refractivity contribution is -0.122. The Morgan fingerprint density at radius 1 is 1.24 bits per heavy atom. The van der Waals surface area contributed by atoms with Gasteiger partial charge in [-0.15, -0.1) is 0 Å². The van der Waals surface area contributed by atoms with Crippen LogP contribution >= 0.6 is 0 Å². The zero-order chi connectivity index (χ0) is 12.8. The Bertz CT molecular complexity index is 402. The third-order valence-electron chi connectivity index (χ3n) is 2.30. The summed E-state index contributed by atoms with van der Waals surface area (Å²) in [5.41, 5.74) is 3.65. The standard InChI is InChI=1S/C11H16N4O2/c1-7(10(16)13-2)14-11(17)8-3-5-9(15-12)6-4-8/h3-7,15H,12H2,1-2H3,(H,13,16)(H,14,17)/t7-/m0/s1. The predicted molar refractivity (Wildman–Crippen MR) is 65.2 cm³/mol. The highest BCUT2D eigenvalue weighted by atomic mass is 16.2. The van der Waals surface area contributed by atoms with Crippen molar-refractivity contribution in [1.82, 2.24) is 10.6 Å². The van der Waals surface area contributed by atoms with Gasteiger partial charge in [0.15, 0.2) is 0 Å². The van der Waals surface area contributed by atoms with Crippen molar-refractivity contribution in [2.45, 2.75) is 13.0 Å². The van der Waals surface area contributed by atoms with Gasteiger partial charge in [0.2, 0.25) is 5.91 Å². The molecule has 0 saturated carbocycles. The normalized spacial score (nSPS) is 11.5. The number of benzene rings is 1. The first kappa shape index (κ1) is 13.0. The molecular weight excluding hydrogens is 220 g/mol. The van der Waals surface area contributed by atoms with Crippen LogP contribution in [0.2, 0.25) is 0 Å². The fraction of sp³-hybridized carbons (Fsp3) is 0.273. The Kier molecular flexibility index (Phi) is 4.47. The number of anilines is 1. The van der Waals surface area contributed by atoms with E-state index < -0.39 is 6.04 Å². The largest absolute Gasteiger partial charge is 0.357 e. The van der Waals surface area contributed by atoms with Crippen molar-refractivity contribution in [3.63, 3.8) is 0 Å². The number of carbonyl (C=O) groups excluding carboxylic acids is 2. The number of hydrogen-bond acceptors (Lipinski definition) is 4. The number of likely N-dealkylation sites (N-methyl/N-ethyl adjacent to an activating group) is 1. The van der Waals surface area contributed by atoms with Gasteiger partial charge in [0.1, 0.15) is 6.04 Å². The number of rotatable bonds is 4. The molecule has 1 aromatic carbocycles. The second-order valence-corrected chi connectivity index (χ2v) is 3.53. The summed E-state index contributed by atoms with van der Waals surface area (Å²) >= 11 is 0. The molecule has 17 heavy (non-hydrogen) atoms. The van der Waals surface area contributed by atoms with Crippen LogP contribution in [0, 0.1) is 0 Å². The molecule has 1 aromatic rings. The maximum Gasteiger partial charge on any atom is 0.251 e. The van der Waals surface area contributed by atoms with Gasteiger partial charge in [0.25, 0.3) is 5.91 Å². The zero-order valence-electron chi connectivity index (χ0n) is 9.78. The molecule has 6 heteroatoms. The summed E-state index contributed by atoms with van der Waals surface area (Å²) in [6.45, 7) is 1.62. The number of nitrogens with one attached hydrogen (secondary N) is 3. The van der Waals surface area contributed by atoms with Crippen LogP contribution in [0.25, 0.3) is 0 Å². The summed E-state index contributed by atoms with van der Waals surface area (Å²) < 4.78 is 0. The van der Waals surface area contributed by atoms with E-state index in [1.165, 1.54) is 7.05 Å². The number of nitrogen functional groups attached to an aromatic ring is 1. The Morgan fingerprint density at radius 3 is 2.29 bits per heavy atom. The molecule has 0 saturated heterocycles. The summed E-state index contributed by atoms with van der Waals surface area (Å²) in [7, 11) is 1.52. The van der Waals surface area contributed by atoms with Crippen LogP contribution in [0.15, 0.2) is 24.3 Å². The number of nitrogens with two attached hydrogens (primary N) is 1. The van der Waals surface area contributed by atoms with Gasteiger partial charge in [-0.3, -0.25) is 15.4 Å². The molecule has 0 heterocycles. The van der Waals surface area contributed by atoms with Gasteiger partial charge < -0.3 is 16.1 Å². The third-order valence-corrected chi connectivity index (χ3v) is 2.30. The van der Waals surface area contributed by atoms with Crippen molar-refractivity contribution < 1.29 is 9.59 Å². The van der Waals surface area contributed by atoms with Crippen LogP contribution in [0.1, 0.15) is 17.3 Å².